The van der Waals surface area contributed by atoms with Crippen LogP contribution in [0.1, 0.15) is 24.8 Å². The minimum atomic E-state index is 0.0554. The van der Waals surface area contributed by atoms with Crippen LogP contribution in [0.5, 0.6) is 0 Å². The fourth-order valence-electron chi connectivity index (χ4n) is 3.78. The van der Waals surface area contributed by atoms with Crippen molar-refractivity contribution < 1.29 is 5.11 Å². The molecule has 1 aliphatic carbocycles. The first-order valence-corrected chi connectivity index (χ1v) is 7.11. The minimum absolute atomic E-state index is 0.0554. The molecule has 0 radical (unpaired) electrons. The molecule has 2 aliphatic rings. The zero-order chi connectivity index (χ0) is 12.8. The molecule has 1 aromatic carbocycles. The van der Waals surface area contributed by atoms with Crippen molar-refractivity contribution in [2.24, 2.45) is 5.92 Å². The maximum absolute atomic E-state index is 9.44. The summed E-state index contributed by atoms with van der Waals surface area (Å²) in [6.07, 6.45) is 5.86. The monoisotopic (exact) mass is 254 g/mol. The number of anilines is 1. The lowest BCUT2D eigenvalue weighted by molar-refractivity contribution is 0.283. The van der Waals surface area contributed by atoms with Crippen LogP contribution in [0, 0.1) is 5.92 Å². The third-order valence-corrected chi connectivity index (χ3v) is 4.71. The molecule has 0 amide bonds. The van der Waals surface area contributed by atoms with Crippen LogP contribution in [0.15, 0.2) is 30.5 Å². The highest BCUT2D eigenvalue weighted by Gasteiger charge is 2.38. The molecule has 1 saturated carbocycles. The number of pyridine rings is 1. The third kappa shape index (κ3) is 1.65. The van der Waals surface area contributed by atoms with Crippen LogP contribution in [0.25, 0.3) is 10.8 Å². The topological polar surface area (TPSA) is 36.4 Å². The van der Waals surface area contributed by atoms with Gasteiger partial charge in [0.2, 0.25) is 0 Å². The van der Waals surface area contributed by atoms with E-state index in [2.05, 4.69) is 28.1 Å². The molecule has 2 unspecified atom stereocenters. The van der Waals surface area contributed by atoms with Gasteiger partial charge >= 0.3 is 0 Å². The Labute approximate surface area is 112 Å². The highest BCUT2D eigenvalue weighted by molar-refractivity contribution is 5.94. The van der Waals surface area contributed by atoms with Crippen molar-refractivity contribution in [2.75, 3.05) is 11.4 Å². The van der Waals surface area contributed by atoms with Gasteiger partial charge in [0.25, 0.3) is 0 Å². The number of benzene rings is 1. The van der Waals surface area contributed by atoms with Crippen molar-refractivity contribution >= 4 is 16.6 Å². The van der Waals surface area contributed by atoms with Crippen LogP contribution in [-0.2, 0) is 6.61 Å². The molecule has 2 fully saturated rings. The quantitative estimate of drug-likeness (QED) is 0.895. The Kier molecular flexibility index (Phi) is 2.49. The lowest BCUT2D eigenvalue weighted by Crippen LogP contribution is -2.32. The summed E-state index contributed by atoms with van der Waals surface area (Å²) < 4.78 is 0. The van der Waals surface area contributed by atoms with E-state index in [1.54, 1.807) is 0 Å². The predicted octanol–water partition coefficient (Wildman–Crippen LogP) is 2.72. The van der Waals surface area contributed by atoms with Gasteiger partial charge in [-0.3, -0.25) is 0 Å². The smallest absolute Gasteiger partial charge is 0.136 e. The Bertz CT molecular complexity index is 625. The second kappa shape index (κ2) is 4.20. The molecule has 1 N–H and O–H groups in total. The van der Waals surface area contributed by atoms with Crippen LogP contribution in [0.2, 0.25) is 0 Å². The maximum Gasteiger partial charge on any atom is 0.136 e. The normalized spacial score (nSPS) is 25.4. The molecular weight excluding hydrogens is 236 g/mol. The van der Waals surface area contributed by atoms with Crippen molar-refractivity contribution in [3.8, 4) is 0 Å². The van der Waals surface area contributed by atoms with Gasteiger partial charge in [0.1, 0.15) is 5.82 Å². The van der Waals surface area contributed by atoms with Crippen molar-refractivity contribution in [3.05, 3.63) is 36.0 Å². The maximum atomic E-state index is 9.44. The van der Waals surface area contributed by atoms with Crippen LogP contribution in [-0.4, -0.2) is 22.7 Å². The number of nitrogens with zero attached hydrogens (tertiary/aromatic N) is 2. The second-order valence-corrected chi connectivity index (χ2v) is 5.80. The number of aliphatic hydroxyl groups is 1. The van der Waals surface area contributed by atoms with Gasteiger partial charge in [-0.25, -0.2) is 4.98 Å². The second-order valence-electron chi connectivity index (χ2n) is 5.80. The lowest BCUT2D eigenvalue weighted by atomic mass is 10.1. The minimum Gasteiger partial charge on any atom is -0.392 e. The van der Waals surface area contributed by atoms with Gasteiger partial charge in [-0.2, -0.15) is 0 Å². The van der Waals surface area contributed by atoms with Crippen LogP contribution < -0.4 is 4.90 Å². The van der Waals surface area contributed by atoms with Gasteiger partial charge in [-0.15, -0.1) is 0 Å². The number of piperidine rings is 1. The van der Waals surface area contributed by atoms with Gasteiger partial charge in [0, 0.05) is 29.7 Å². The summed E-state index contributed by atoms with van der Waals surface area (Å²) in [6.45, 7) is 1.21. The van der Waals surface area contributed by atoms with E-state index < -0.39 is 0 Å². The zero-order valence-corrected chi connectivity index (χ0v) is 10.9. The number of hydrogen-bond acceptors (Lipinski definition) is 3. The molecule has 2 atom stereocenters. The number of rotatable bonds is 2. The third-order valence-electron chi connectivity index (χ3n) is 4.71. The van der Waals surface area contributed by atoms with E-state index >= 15 is 0 Å². The van der Waals surface area contributed by atoms with E-state index in [0.717, 1.165) is 29.2 Å². The Hall–Kier alpha value is -1.61. The summed E-state index contributed by atoms with van der Waals surface area (Å²) in [5.74, 6) is 1.98. The fourth-order valence-corrected chi connectivity index (χ4v) is 3.78. The molecule has 3 heteroatoms. The molecule has 1 saturated heterocycles. The molecule has 1 aliphatic heterocycles. The Balaban J connectivity index is 1.86. The fraction of sp³-hybridized carbons (Fsp3) is 0.438. The summed E-state index contributed by atoms with van der Waals surface area (Å²) >= 11 is 0. The van der Waals surface area contributed by atoms with Crippen molar-refractivity contribution in [2.45, 2.75) is 31.9 Å². The standard InChI is InChI=1S/C16H18N2O/c19-10-12-8-17-16(15-4-2-1-3-14(12)15)18-9-11-5-6-13(18)7-11/h1-4,8,11,13,19H,5-7,9-10H2. The molecule has 4 rings (SSSR count). The lowest BCUT2D eigenvalue weighted by Gasteiger charge is -2.29. The average molecular weight is 254 g/mol. The number of hydrogen-bond donors (Lipinski definition) is 1. The number of fused-ring (bicyclic) bond motifs is 3. The summed E-state index contributed by atoms with van der Waals surface area (Å²) in [5.41, 5.74) is 0.920. The average Bonchev–Trinajstić information content (AvgIpc) is 3.08. The van der Waals surface area contributed by atoms with E-state index in [1.807, 2.05) is 12.3 Å². The Morgan fingerprint density at radius 1 is 1.21 bits per heavy atom. The molecule has 2 heterocycles. The molecule has 1 aromatic heterocycles. The first kappa shape index (κ1) is 11.2. The Morgan fingerprint density at radius 3 is 2.74 bits per heavy atom. The number of aromatic nitrogens is 1. The van der Waals surface area contributed by atoms with Gasteiger partial charge in [-0.1, -0.05) is 24.3 Å². The molecule has 98 valence electrons. The van der Waals surface area contributed by atoms with Gasteiger partial charge < -0.3 is 10.0 Å². The summed E-state index contributed by atoms with van der Waals surface area (Å²) in [5, 5.41) is 11.8. The van der Waals surface area contributed by atoms with Crippen LogP contribution in [0.3, 0.4) is 0 Å². The molecule has 2 bridgehead atoms. The number of aliphatic hydroxyl groups excluding tert-OH is 1. The first-order valence-electron chi connectivity index (χ1n) is 7.11. The van der Waals surface area contributed by atoms with Gasteiger partial charge in [0.05, 0.1) is 6.61 Å². The molecule has 2 aromatic rings. The molecular formula is C16H18N2O. The first-order chi connectivity index (χ1) is 9.36. The van der Waals surface area contributed by atoms with Crippen molar-refractivity contribution in [1.82, 2.24) is 4.98 Å². The Morgan fingerprint density at radius 2 is 2.05 bits per heavy atom. The highest BCUT2D eigenvalue weighted by atomic mass is 16.3. The summed E-state index contributed by atoms with van der Waals surface area (Å²) in [4.78, 5) is 7.13. The van der Waals surface area contributed by atoms with E-state index in [4.69, 9.17) is 0 Å². The van der Waals surface area contributed by atoms with Crippen molar-refractivity contribution in [1.29, 1.82) is 0 Å². The predicted molar refractivity (Wildman–Crippen MR) is 76.1 cm³/mol. The van der Waals surface area contributed by atoms with E-state index in [9.17, 15) is 5.11 Å². The SMILES string of the molecule is OCc1cnc(N2CC3CCC2C3)c2ccccc12. The van der Waals surface area contributed by atoms with Gasteiger partial charge in [0.15, 0.2) is 0 Å². The zero-order valence-electron chi connectivity index (χ0n) is 10.9. The largest absolute Gasteiger partial charge is 0.392 e. The molecule has 0 spiro atoms. The molecule has 19 heavy (non-hydrogen) atoms. The summed E-state index contributed by atoms with van der Waals surface area (Å²) in [6, 6.07) is 8.98. The van der Waals surface area contributed by atoms with Crippen LogP contribution in [0.4, 0.5) is 5.82 Å². The van der Waals surface area contributed by atoms with E-state index in [-0.39, 0.29) is 6.61 Å². The van der Waals surface area contributed by atoms with E-state index in [0.29, 0.717) is 6.04 Å². The van der Waals surface area contributed by atoms with E-state index in [1.165, 1.54) is 24.6 Å². The van der Waals surface area contributed by atoms with Crippen molar-refractivity contribution in [3.63, 3.8) is 0 Å². The molecule has 3 nitrogen and oxygen atoms in total. The highest BCUT2D eigenvalue weighted by Crippen LogP contribution is 2.41. The van der Waals surface area contributed by atoms with Gasteiger partial charge in [-0.05, 0) is 30.6 Å². The summed E-state index contributed by atoms with van der Waals surface area (Å²) in [7, 11) is 0. The van der Waals surface area contributed by atoms with Crippen LogP contribution >= 0.6 is 0 Å².